The molecule has 1 N–H and O–H groups in total. The lowest BCUT2D eigenvalue weighted by atomic mass is 9.56. The molecule has 0 radical (unpaired) electrons. The van der Waals surface area contributed by atoms with Crippen molar-refractivity contribution in [3.8, 4) is 0 Å². The molecule has 4 heteroatoms. The molecule has 0 spiro atoms. The molecule has 16 heavy (non-hydrogen) atoms. The summed E-state index contributed by atoms with van der Waals surface area (Å²) in [7, 11) is 0. The maximum absolute atomic E-state index is 10.9. The van der Waals surface area contributed by atoms with Gasteiger partial charge in [0.1, 0.15) is 0 Å². The van der Waals surface area contributed by atoms with Gasteiger partial charge in [-0.05, 0) is 65.7 Å². The number of azide groups is 1. The molecule has 0 aromatic carbocycles. The molecule has 0 aromatic heterocycles. The molecule has 0 unspecified atom stereocenters. The van der Waals surface area contributed by atoms with Gasteiger partial charge >= 0.3 is 0 Å². The van der Waals surface area contributed by atoms with Gasteiger partial charge in [0.25, 0.3) is 0 Å². The van der Waals surface area contributed by atoms with Crippen molar-refractivity contribution in [3.63, 3.8) is 0 Å². The molecular weight excluding hydrogens is 202 g/mol. The first-order chi connectivity index (χ1) is 7.77. The lowest BCUT2D eigenvalue weighted by molar-refractivity contribution is -0.123. The normalized spacial score (nSPS) is 70.8. The standard InChI is InChI=1S/C12H15N3O/c13-15-14-3-12(16)10-5-2-6-8-4(5)1-7(10)9(8)11(6)12/h4-11,16H,1-3H2/t4-,5+,6+,7-,8+,9+,10-,11-,12-/m0/s1. The van der Waals surface area contributed by atoms with Crippen LogP contribution in [0.3, 0.4) is 0 Å². The number of hydrogen-bond donors (Lipinski definition) is 1. The Morgan fingerprint density at radius 3 is 2.69 bits per heavy atom. The fourth-order valence-corrected chi connectivity index (χ4v) is 7.08. The van der Waals surface area contributed by atoms with Gasteiger partial charge in [0.2, 0.25) is 0 Å². The summed E-state index contributed by atoms with van der Waals surface area (Å²) in [5.74, 6) is 5.99. The molecule has 2 bridgehead atoms. The van der Waals surface area contributed by atoms with Crippen LogP contribution in [0, 0.1) is 47.3 Å². The Bertz CT molecular complexity index is 440. The second kappa shape index (κ2) is 2.14. The molecule has 5 fully saturated rings. The van der Waals surface area contributed by atoms with Crippen molar-refractivity contribution in [2.75, 3.05) is 6.54 Å². The monoisotopic (exact) mass is 217 g/mol. The lowest BCUT2D eigenvalue weighted by Crippen LogP contribution is -2.55. The van der Waals surface area contributed by atoms with Crippen LogP contribution in [0.15, 0.2) is 5.11 Å². The van der Waals surface area contributed by atoms with E-state index in [0.717, 1.165) is 35.5 Å². The van der Waals surface area contributed by atoms with Gasteiger partial charge < -0.3 is 5.11 Å². The molecule has 5 aliphatic carbocycles. The van der Waals surface area contributed by atoms with Crippen molar-refractivity contribution in [1.82, 2.24) is 0 Å². The Morgan fingerprint density at radius 1 is 1.12 bits per heavy atom. The largest absolute Gasteiger partial charge is 0.389 e. The van der Waals surface area contributed by atoms with Crippen molar-refractivity contribution in [2.45, 2.75) is 18.4 Å². The van der Waals surface area contributed by atoms with Crippen LogP contribution in [0.1, 0.15) is 12.8 Å². The van der Waals surface area contributed by atoms with E-state index in [-0.39, 0.29) is 0 Å². The number of aliphatic hydroxyl groups is 1. The highest BCUT2D eigenvalue weighted by molar-refractivity contribution is 5.32. The van der Waals surface area contributed by atoms with Gasteiger partial charge in [0, 0.05) is 4.91 Å². The Morgan fingerprint density at radius 2 is 1.88 bits per heavy atom. The molecule has 9 atom stereocenters. The molecule has 5 rings (SSSR count). The van der Waals surface area contributed by atoms with E-state index in [4.69, 9.17) is 5.53 Å². The van der Waals surface area contributed by atoms with E-state index in [2.05, 4.69) is 10.0 Å². The summed E-state index contributed by atoms with van der Waals surface area (Å²) in [6.45, 7) is 0.332. The van der Waals surface area contributed by atoms with Crippen molar-refractivity contribution < 1.29 is 5.11 Å². The van der Waals surface area contributed by atoms with E-state index < -0.39 is 5.60 Å². The minimum atomic E-state index is -0.614. The molecule has 0 aliphatic heterocycles. The van der Waals surface area contributed by atoms with Crippen LogP contribution in [0.2, 0.25) is 0 Å². The van der Waals surface area contributed by atoms with Gasteiger partial charge in [-0.25, -0.2) is 0 Å². The Kier molecular flexibility index (Phi) is 1.12. The summed E-state index contributed by atoms with van der Waals surface area (Å²) in [6.07, 6.45) is 2.74. The Labute approximate surface area is 93.7 Å². The summed E-state index contributed by atoms with van der Waals surface area (Å²) in [5, 5.41) is 14.6. The van der Waals surface area contributed by atoms with Crippen LogP contribution in [-0.4, -0.2) is 17.3 Å². The van der Waals surface area contributed by atoms with Crippen LogP contribution in [0.4, 0.5) is 0 Å². The van der Waals surface area contributed by atoms with E-state index in [0.29, 0.717) is 18.4 Å². The van der Waals surface area contributed by atoms with Crippen molar-refractivity contribution in [2.24, 2.45) is 52.5 Å². The van der Waals surface area contributed by atoms with Gasteiger partial charge in [0.15, 0.2) is 0 Å². The zero-order valence-electron chi connectivity index (χ0n) is 9.03. The van der Waals surface area contributed by atoms with Crippen molar-refractivity contribution in [1.29, 1.82) is 0 Å². The fraction of sp³-hybridized carbons (Fsp3) is 1.00. The van der Waals surface area contributed by atoms with Crippen LogP contribution < -0.4 is 0 Å². The minimum absolute atomic E-state index is 0.332. The van der Waals surface area contributed by atoms with E-state index in [1.54, 1.807) is 0 Å². The van der Waals surface area contributed by atoms with Gasteiger partial charge in [-0.1, -0.05) is 5.11 Å². The molecule has 0 amide bonds. The fourth-order valence-electron chi connectivity index (χ4n) is 7.08. The number of hydrogen-bond acceptors (Lipinski definition) is 2. The SMILES string of the molecule is [N-]=[N+]=NC[C@]1(O)[C@H]2[C@@H]3C[C@@H]4[C@H]5[C@H]3C[C@H]2[C@H]5[C@H]41. The molecule has 5 saturated carbocycles. The molecule has 84 valence electrons. The molecule has 0 aromatic rings. The smallest absolute Gasteiger partial charge is 0.0771 e. The number of nitrogens with zero attached hydrogens (tertiary/aromatic N) is 3. The third kappa shape index (κ3) is 0.550. The first kappa shape index (κ1) is 8.37. The number of rotatable bonds is 2. The van der Waals surface area contributed by atoms with Crippen LogP contribution >= 0.6 is 0 Å². The zero-order valence-corrected chi connectivity index (χ0v) is 9.03. The molecule has 0 heterocycles. The summed E-state index contributed by atoms with van der Waals surface area (Å²) >= 11 is 0. The highest BCUT2D eigenvalue weighted by Gasteiger charge is 2.84. The summed E-state index contributed by atoms with van der Waals surface area (Å²) in [4.78, 5) is 2.85. The summed E-state index contributed by atoms with van der Waals surface area (Å²) in [5.41, 5.74) is 7.87. The van der Waals surface area contributed by atoms with Crippen LogP contribution in [-0.2, 0) is 0 Å². The average Bonchev–Trinajstić information content (AvgIpc) is 2.73. The molecule has 4 nitrogen and oxygen atoms in total. The minimum Gasteiger partial charge on any atom is -0.389 e. The average molecular weight is 217 g/mol. The van der Waals surface area contributed by atoms with Gasteiger partial charge in [-0.3, -0.25) is 0 Å². The predicted molar refractivity (Wildman–Crippen MR) is 56.1 cm³/mol. The second-order valence-corrected chi connectivity index (χ2v) is 6.71. The highest BCUT2D eigenvalue weighted by atomic mass is 16.3. The first-order valence-electron chi connectivity index (χ1n) is 6.50. The van der Waals surface area contributed by atoms with E-state index in [9.17, 15) is 5.11 Å². The maximum Gasteiger partial charge on any atom is 0.0771 e. The highest BCUT2D eigenvalue weighted by Crippen LogP contribution is 2.85. The van der Waals surface area contributed by atoms with Gasteiger partial charge in [-0.2, -0.15) is 0 Å². The zero-order chi connectivity index (χ0) is 10.7. The third-order valence-electron chi connectivity index (χ3n) is 6.91. The Hall–Kier alpha value is -0.730. The van der Waals surface area contributed by atoms with Crippen LogP contribution in [0.5, 0.6) is 0 Å². The summed E-state index contributed by atoms with van der Waals surface area (Å²) < 4.78 is 0. The lowest BCUT2D eigenvalue weighted by Gasteiger charge is -2.51. The topological polar surface area (TPSA) is 69.0 Å². The molecular formula is C12H15N3O. The van der Waals surface area contributed by atoms with E-state index >= 15 is 0 Å². The molecule has 5 aliphatic rings. The van der Waals surface area contributed by atoms with E-state index in [1.165, 1.54) is 12.8 Å². The first-order valence-corrected chi connectivity index (χ1v) is 6.50. The van der Waals surface area contributed by atoms with Crippen molar-refractivity contribution >= 4 is 0 Å². The number of fused-ring (bicyclic) bond motifs is 2. The second-order valence-electron chi connectivity index (χ2n) is 6.71. The quantitative estimate of drug-likeness (QED) is 0.427. The van der Waals surface area contributed by atoms with Gasteiger partial charge in [0.05, 0.1) is 12.1 Å². The summed E-state index contributed by atoms with van der Waals surface area (Å²) in [6, 6.07) is 0. The maximum atomic E-state index is 10.9. The Balaban J connectivity index is 1.67. The van der Waals surface area contributed by atoms with Gasteiger partial charge in [-0.15, -0.1) is 0 Å². The third-order valence-corrected chi connectivity index (χ3v) is 6.91. The molecule has 0 saturated heterocycles. The predicted octanol–water partition coefficient (Wildman–Crippen LogP) is 1.81. The van der Waals surface area contributed by atoms with Crippen LogP contribution in [0.25, 0.3) is 10.4 Å². The van der Waals surface area contributed by atoms with E-state index in [1.807, 2.05) is 0 Å². The van der Waals surface area contributed by atoms with Crippen molar-refractivity contribution in [3.05, 3.63) is 10.4 Å².